The smallest absolute Gasteiger partial charge is 0.389 e. The number of likely N-dealkylation sites (tertiary alicyclic amines) is 1. The van der Waals surface area contributed by atoms with E-state index < -0.39 is 58.5 Å². The fraction of sp³-hybridized carbons (Fsp3) is 0.468. The van der Waals surface area contributed by atoms with Crippen LogP contribution >= 0.6 is 11.9 Å². The maximum Gasteiger partial charge on any atom is 0.419 e. The summed E-state index contributed by atoms with van der Waals surface area (Å²) in [6.07, 6.45) is 3.35. The number of aliphatic hydroxyl groups is 1. The molecule has 3 aliphatic rings. The standard InChI is InChI=1S/C45H51F4N13O6S.C2H6/c1-44(2,67)26-61-23-28(21-52-61)39-32(45(47,48)49)22-51-43(56-39)54-34-7-6-30(20-33(34)46)69-53-14-19-68-25-29-24-60(58-57-29)18-17-59-15-11-27(12-16-59)10-13-50-35-5-3-4-31-38(35)42(66)62(41(31)65)36-8-9-37(63)55-40(36)64;1-2/h3-7,20-24,27,36,50,53,67H,8-19,25-26H2,1-2H3,(H,51,54,56)(H,55,63,64);1-2H3. The molecule has 71 heavy (non-hydrogen) atoms. The molecule has 3 aliphatic heterocycles. The van der Waals surface area contributed by atoms with Crippen LogP contribution in [0.15, 0.2) is 66.1 Å². The number of benzene rings is 2. The van der Waals surface area contributed by atoms with Crippen molar-refractivity contribution in [1.82, 2.24) is 54.6 Å². The zero-order valence-corrected chi connectivity index (χ0v) is 40.6. The molecule has 4 amide bonds. The van der Waals surface area contributed by atoms with E-state index in [1.807, 2.05) is 20.0 Å². The molecule has 8 rings (SSSR count). The van der Waals surface area contributed by atoms with Crippen LogP contribution in [0.4, 0.5) is 34.9 Å². The van der Waals surface area contributed by atoms with E-state index in [0.29, 0.717) is 54.6 Å². The molecule has 0 saturated carbocycles. The van der Waals surface area contributed by atoms with Crippen LogP contribution in [-0.4, -0.2) is 124 Å². The minimum Gasteiger partial charge on any atom is -0.389 e. The molecular formula is C47H57F4N13O6S. The maximum atomic E-state index is 15.1. The highest BCUT2D eigenvalue weighted by atomic mass is 32.2. The van der Waals surface area contributed by atoms with Crippen molar-refractivity contribution in [2.24, 2.45) is 5.92 Å². The number of piperidine rings is 2. The predicted octanol–water partition coefficient (Wildman–Crippen LogP) is 6.06. The number of carbonyl (C=O) groups is 4. The van der Waals surface area contributed by atoms with Crippen molar-refractivity contribution in [3.63, 3.8) is 0 Å². The van der Waals surface area contributed by atoms with Gasteiger partial charge >= 0.3 is 6.18 Å². The van der Waals surface area contributed by atoms with Crippen LogP contribution in [0.3, 0.4) is 0 Å². The highest BCUT2D eigenvalue weighted by Gasteiger charge is 2.45. The summed E-state index contributed by atoms with van der Waals surface area (Å²) >= 11 is 1.18. The van der Waals surface area contributed by atoms with Crippen molar-refractivity contribution in [2.45, 2.75) is 102 Å². The molecule has 3 aromatic heterocycles. The van der Waals surface area contributed by atoms with Gasteiger partial charge in [-0.25, -0.2) is 14.4 Å². The number of ether oxygens (including phenoxy) is 1. The fourth-order valence-corrected chi connectivity index (χ4v) is 9.02. The number of nitrogens with zero attached hydrogens (tertiary/aromatic N) is 9. The third kappa shape index (κ3) is 13.5. The van der Waals surface area contributed by atoms with Crippen molar-refractivity contribution < 1.29 is 46.6 Å². The van der Waals surface area contributed by atoms with Crippen LogP contribution in [0.1, 0.15) is 91.8 Å². The fourth-order valence-electron chi connectivity index (χ4n) is 8.37. The van der Waals surface area contributed by atoms with E-state index in [9.17, 15) is 37.5 Å². The van der Waals surface area contributed by atoms with Crippen molar-refractivity contribution in [3.8, 4) is 11.3 Å². The Hall–Kier alpha value is -6.34. The summed E-state index contributed by atoms with van der Waals surface area (Å²) in [5.74, 6) is -2.55. The lowest BCUT2D eigenvalue weighted by molar-refractivity contribution is -0.138. The summed E-state index contributed by atoms with van der Waals surface area (Å²) in [4.78, 5) is 62.4. The van der Waals surface area contributed by atoms with Crippen molar-refractivity contribution >= 4 is 52.9 Å². The first kappa shape index (κ1) is 52.5. The van der Waals surface area contributed by atoms with Gasteiger partial charge in [0.1, 0.15) is 23.1 Å². The lowest BCUT2D eigenvalue weighted by atomic mass is 9.93. The number of fused-ring (bicyclic) bond motifs is 1. The first-order valence-electron chi connectivity index (χ1n) is 23.4. The Labute approximate surface area is 411 Å². The minimum absolute atomic E-state index is 0.0390. The molecule has 5 N–H and O–H groups in total. The number of carbonyl (C=O) groups excluding carboxylic acids is 4. The summed E-state index contributed by atoms with van der Waals surface area (Å²) in [7, 11) is 0. The van der Waals surface area contributed by atoms with Gasteiger partial charge in [0.05, 0.1) is 66.8 Å². The van der Waals surface area contributed by atoms with Crippen LogP contribution in [0.5, 0.6) is 0 Å². The molecule has 2 fully saturated rings. The molecule has 5 aromatic rings. The molecule has 0 bridgehead atoms. The summed E-state index contributed by atoms with van der Waals surface area (Å²) in [6.45, 7) is 12.1. The third-order valence-corrected chi connectivity index (χ3v) is 12.6. The number of imide groups is 2. The number of aromatic nitrogens is 7. The Morgan fingerprint density at radius 3 is 2.46 bits per heavy atom. The number of rotatable bonds is 20. The van der Waals surface area contributed by atoms with Crippen molar-refractivity contribution in [3.05, 3.63) is 89.4 Å². The molecule has 0 aliphatic carbocycles. The molecule has 380 valence electrons. The second kappa shape index (κ2) is 23.3. The Morgan fingerprint density at radius 1 is 0.944 bits per heavy atom. The Bertz CT molecular complexity index is 2690. The number of hydrogen-bond donors (Lipinski definition) is 5. The van der Waals surface area contributed by atoms with Crippen molar-refractivity contribution in [2.75, 3.05) is 50.0 Å². The SMILES string of the molecule is CC.CC(C)(O)Cn1cc(-c2nc(Nc3ccc(SNCCOCc4cn(CCN5CCC(CCNc6cccc7c6C(=O)N(C6CCC(=O)NC6=O)C7=O)CC5)nn4)cc3F)ncc2C(F)(F)F)cn1. The van der Waals surface area contributed by atoms with Crippen molar-refractivity contribution in [1.29, 1.82) is 0 Å². The number of halogens is 4. The van der Waals surface area contributed by atoms with E-state index in [-0.39, 0.29) is 54.3 Å². The molecule has 19 nitrogen and oxygen atoms in total. The molecular weight excluding hydrogens is 951 g/mol. The summed E-state index contributed by atoms with van der Waals surface area (Å²) < 4.78 is 68.7. The van der Waals surface area contributed by atoms with E-state index in [0.717, 1.165) is 43.8 Å². The molecule has 1 unspecified atom stereocenters. The summed E-state index contributed by atoms with van der Waals surface area (Å²) in [5, 5.41) is 30.8. The Balaban J connectivity index is 0.00000366. The average Bonchev–Trinajstić information content (AvgIpc) is 4.06. The topological polar surface area (TPSA) is 227 Å². The number of nitrogens with one attached hydrogen (secondary N) is 4. The highest BCUT2D eigenvalue weighted by Crippen LogP contribution is 2.37. The van der Waals surface area contributed by atoms with Gasteiger partial charge in [0.15, 0.2) is 0 Å². The molecule has 2 saturated heterocycles. The van der Waals surface area contributed by atoms with Crippen LogP contribution < -0.4 is 20.7 Å². The van der Waals surface area contributed by atoms with E-state index in [4.69, 9.17) is 4.74 Å². The summed E-state index contributed by atoms with van der Waals surface area (Å²) in [6, 6.07) is 8.38. The number of anilines is 3. The quantitative estimate of drug-likeness (QED) is 0.0259. The van der Waals surface area contributed by atoms with Gasteiger partial charge in [-0.1, -0.05) is 25.1 Å². The molecule has 6 heterocycles. The second-order valence-corrected chi connectivity index (χ2v) is 18.6. The minimum atomic E-state index is -4.76. The van der Waals surface area contributed by atoms with E-state index in [2.05, 4.69) is 51.0 Å². The molecule has 0 spiro atoms. The molecule has 1 atom stereocenters. The van der Waals surface area contributed by atoms with Gasteiger partial charge in [-0.2, -0.15) is 18.3 Å². The average molecular weight is 1010 g/mol. The zero-order chi connectivity index (χ0) is 50.9. The second-order valence-electron chi connectivity index (χ2n) is 17.7. The first-order chi connectivity index (χ1) is 34.0. The van der Waals surface area contributed by atoms with E-state index in [1.165, 1.54) is 41.2 Å². The van der Waals surface area contributed by atoms with Crippen LogP contribution in [-0.2, 0) is 40.2 Å². The normalized spacial score (nSPS) is 16.7. The highest BCUT2D eigenvalue weighted by molar-refractivity contribution is 7.97. The zero-order valence-electron chi connectivity index (χ0n) is 39.8. The molecule has 2 aromatic carbocycles. The third-order valence-electron chi connectivity index (χ3n) is 11.8. The molecule has 24 heteroatoms. The van der Waals surface area contributed by atoms with Gasteiger partial charge in [-0.3, -0.25) is 43.5 Å². The number of alkyl halides is 3. The lowest BCUT2D eigenvalue weighted by Gasteiger charge is -2.32. The van der Waals surface area contributed by atoms with Crippen LogP contribution in [0.2, 0.25) is 0 Å². The Morgan fingerprint density at radius 2 is 1.73 bits per heavy atom. The van der Waals surface area contributed by atoms with E-state index in [1.54, 1.807) is 42.8 Å². The molecule has 0 radical (unpaired) electrons. The maximum absolute atomic E-state index is 15.1. The largest absolute Gasteiger partial charge is 0.419 e. The van der Waals surface area contributed by atoms with Gasteiger partial charge in [-0.15, -0.1) is 5.10 Å². The number of amides is 4. The van der Waals surface area contributed by atoms with Gasteiger partial charge in [0.2, 0.25) is 17.8 Å². The number of hydrogen-bond acceptors (Lipinski definition) is 16. The van der Waals surface area contributed by atoms with Gasteiger partial charge in [-0.05, 0) is 101 Å². The summed E-state index contributed by atoms with van der Waals surface area (Å²) in [5.41, 5.74) is -0.925. The van der Waals surface area contributed by atoms with Gasteiger partial charge in [0, 0.05) is 54.6 Å². The first-order valence-corrected chi connectivity index (χ1v) is 24.2. The van der Waals surface area contributed by atoms with Gasteiger partial charge in [0.25, 0.3) is 11.8 Å². The van der Waals surface area contributed by atoms with E-state index >= 15 is 4.39 Å². The Kier molecular flexibility index (Phi) is 17.2. The van der Waals surface area contributed by atoms with Crippen LogP contribution in [0, 0.1) is 11.7 Å². The predicted molar refractivity (Wildman–Crippen MR) is 255 cm³/mol. The monoisotopic (exact) mass is 1010 g/mol. The lowest BCUT2D eigenvalue weighted by Crippen LogP contribution is -2.54. The van der Waals surface area contributed by atoms with Crippen LogP contribution in [0.25, 0.3) is 11.3 Å². The van der Waals surface area contributed by atoms with Gasteiger partial charge < -0.3 is 25.4 Å².